The van der Waals surface area contributed by atoms with E-state index < -0.39 is 5.82 Å². The molecule has 0 spiro atoms. The molecule has 0 bridgehead atoms. The maximum atomic E-state index is 14.1. The fourth-order valence-electron chi connectivity index (χ4n) is 2.96. The fraction of sp³-hybridized carbons (Fsp3) is 0.440. The van der Waals surface area contributed by atoms with Crippen LogP contribution in [0.2, 0.25) is 0 Å². The number of ether oxygens (including phenoxy) is 2. The lowest BCUT2D eigenvalue weighted by atomic mass is 10.1. The Bertz CT molecular complexity index is 790. The topological polar surface area (TPSA) is 44.2 Å². The summed E-state index contributed by atoms with van der Waals surface area (Å²) in [7, 11) is 0. The summed E-state index contributed by atoms with van der Waals surface area (Å²) in [5, 5.41) is 8.43. The summed E-state index contributed by atoms with van der Waals surface area (Å²) >= 11 is 0. The molecule has 1 unspecified atom stereocenters. The molecule has 30 heavy (non-hydrogen) atoms. The summed E-state index contributed by atoms with van der Waals surface area (Å²) < 4.78 is 25.2. The van der Waals surface area contributed by atoms with E-state index in [2.05, 4.69) is 36.7 Å². The van der Waals surface area contributed by atoms with Gasteiger partial charge in [-0.3, -0.25) is 0 Å². The molecule has 4 nitrogen and oxygen atoms in total. The first-order valence-corrected chi connectivity index (χ1v) is 10.8. The van der Waals surface area contributed by atoms with Crippen molar-refractivity contribution in [1.29, 1.82) is 0 Å². The van der Waals surface area contributed by atoms with Gasteiger partial charge in [-0.2, -0.15) is 5.10 Å². The largest absolute Gasteiger partial charge is 0.486 e. The molecule has 0 aliphatic carbocycles. The van der Waals surface area contributed by atoms with Crippen LogP contribution in [0.1, 0.15) is 58.1 Å². The number of hydrogen-bond acceptors (Lipinski definition) is 4. The summed E-state index contributed by atoms with van der Waals surface area (Å²) in [5.74, 6) is -0.226. The fourth-order valence-corrected chi connectivity index (χ4v) is 2.96. The van der Waals surface area contributed by atoms with Crippen molar-refractivity contribution in [1.82, 2.24) is 10.2 Å². The number of rotatable bonds is 14. The zero-order valence-corrected chi connectivity index (χ0v) is 18.1. The number of halogens is 1. The summed E-state index contributed by atoms with van der Waals surface area (Å²) in [5.41, 5.74) is 2.07. The third kappa shape index (κ3) is 8.46. The monoisotopic (exact) mass is 412 g/mol. The first kappa shape index (κ1) is 23.7. The van der Waals surface area contributed by atoms with Gasteiger partial charge in [-0.05, 0) is 69.0 Å². The van der Waals surface area contributed by atoms with Gasteiger partial charge in [0.25, 0.3) is 0 Å². The Morgan fingerprint density at radius 2 is 2.00 bits per heavy atom. The molecular weight excluding hydrogens is 379 g/mol. The molecule has 1 aromatic heterocycles. The third-order valence-corrected chi connectivity index (χ3v) is 4.69. The van der Waals surface area contributed by atoms with Crippen LogP contribution in [0, 0.1) is 5.82 Å². The average Bonchev–Trinajstić information content (AvgIpc) is 2.76. The van der Waals surface area contributed by atoms with Crippen molar-refractivity contribution in [3.63, 3.8) is 0 Å². The minimum absolute atomic E-state index is 0.201. The van der Waals surface area contributed by atoms with Crippen molar-refractivity contribution in [2.24, 2.45) is 0 Å². The van der Waals surface area contributed by atoms with Crippen LogP contribution >= 0.6 is 0 Å². The van der Waals surface area contributed by atoms with Crippen LogP contribution in [0.25, 0.3) is 17.3 Å². The highest BCUT2D eigenvalue weighted by molar-refractivity contribution is 5.60. The summed E-state index contributed by atoms with van der Waals surface area (Å²) in [4.78, 5) is 0. The minimum Gasteiger partial charge on any atom is -0.486 e. The molecule has 2 rings (SSSR count). The highest BCUT2D eigenvalue weighted by Crippen LogP contribution is 2.24. The molecule has 0 N–H and O–H groups in total. The van der Waals surface area contributed by atoms with Gasteiger partial charge in [0.05, 0.1) is 17.5 Å². The maximum Gasteiger partial charge on any atom is 0.165 e. The molecule has 1 heterocycles. The van der Waals surface area contributed by atoms with Crippen LogP contribution < -0.4 is 4.74 Å². The molecule has 1 atom stereocenters. The van der Waals surface area contributed by atoms with Crippen LogP contribution in [0.5, 0.6) is 5.75 Å². The van der Waals surface area contributed by atoms with Gasteiger partial charge in [-0.1, -0.05) is 38.5 Å². The van der Waals surface area contributed by atoms with E-state index in [4.69, 9.17) is 9.47 Å². The van der Waals surface area contributed by atoms with Gasteiger partial charge in [0.15, 0.2) is 11.6 Å². The average molecular weight is 413 g/mol. The first-order valence-electron chi connectivity index (χ1n) is 10.8. The predicted octanol–water partition coefficient (Wildman–Crippen LogP) is 6.63. The Morgan fingerprint density at radius 3 is 2.70 bits per heavy atom. The maximum absolute atomic E-state index is 14.1. The van der Waals surface area contributed by atoms with E-state index in [1.54, 1.807) is 18.2 Å². The number of hydrogen-bond donors (Lipinski definition) is 0. The SMILES string of the molecule is C=CCOc1ccc(-c2ccc(C=CCCCC(C)OCCCCC)nn2)cc1F. The summed E-state index contributed by atoms with van der Waals surface area (Å²) in [6, 6.07) is 8.50. The van der Waals surface area contributed by atoms with Crippen LogP contribution in [-0.4, -0.2) is 29.5 Å². The predicted molar refractivity (Wildman–Crippen MR) is 121 cm³/mol. The number of aromatic nitrogens is 2. The van der Waals surface area contributed by atoms with E-state index in [0.717, 1.165) is 38.0 Å². The lowest BCUT2D eigenvalue weighted by Gasteiger charge is -2.11. The molecule has 0 radical (unpaired) electrons. The Kier molecular flexibility index (Phi) is 10.8. The lowest BCUT2D eigenvalue weighted by molar-refractivity contribution is 0.0566. The van der Waals surface area contributed by atoms with Crippen molar-refractivity contribution in [3.8, 4) is 17.0 Å². The Morgan fingerprint density at radius 1 is 1.13 bits per heavy atom. The molecule has 0 aliphatic rings. The lowest BCUT2D eigenvalue weighted by Crippen LogP contribution is -2.08. The molecule has 0 saturated heterocycles. The van der Waals surface area contributed by atoms with Gasteiger partial charge in [0, 0.05) is 12.2 Å². The van der Waals surface area contributed by atoms with Crippen LogP contribution in [-0.2, 0) is 4.74 Å². The van der Waals surface area contributed by atoms with Crippen molar-refractivity contribution in [2.45, 2.75) is 58.5 Å². The summed E-state index contributed by atoms with van der Waals surface area (Å²) in [6.45, 7) is 9.03. The number of benzene rings is 1. The van der Waals surface area contributed by atoms with Gasteiger partial charge in [-0.15, -0.1) is 5.10 Å². The zero-order chi connectivity index (χ0) is 21.6. The Hall–Kier alpha value is -2.53. The number of nitrogens with zero attached hydrogens (tertiary/aromatic N) is 2. The second-order valence-corrected chi connectivity index (χ2v) is 7.31. The molecular formula is C25H33FN2O2. The molecule has 0 fully saturated rings. The van der Waals surface area contributed by atoms with Crippen molar-refractivity contribution >= 4 is 6.08 Å². The van der Waals surface area contributed by atoms with Gasteiger partial charge in [-0.25, -0.2) is 4.39 Å². The first-order chi connectivity index (χ1) is 14.6. The number of unbranched alkanes of at least 4 members (excludes halogenated alkanes) is 3. The second-order valence-electron chi connectivity index (χ2n) is 7.31. The van der Waals surface area contributed by atoms with Crippen molar-refractivity contribution in [3.05, 3.63) is 60.6 Å². The minimum atomic E-state index is -0.427. The van der Waals surface area contributed by atoms with Gasteiger partial charge < -0.3 is 9.47 Å². The molecule has 0 saturated carbocycles. The highest BCUT2D eigenvalue weighted by Gasteiger charge is 2.07. The second kappa shape index (κ2) is 13.6. The van der Waals surface area contributed by atoms with E-state index >= 15 is 0 Å². The van der Waals surface area contributed by atoms with Gasteiger partial charge in [0.1, 0.15) is 6.61 Å². The quantitative estimate of drug-likeness (QED) is 0.258. The summed E-state index contributed by atoms with van der Waals surface area (Å²) in [6.07, 6.45) is 12.7. The van der Waals surface area contributed by atoms with Crippen LogP contribution in [0.3, 0.4) is 0 Å². The molecule has 5 heteroatoms. The number of allylic oxidation sites excluding steroid dienone is 1. The van der Waals surface area contributed by atoms with E-state index in [0.29, 0.717) is 17.4 Å². The zero-order valence-electron chi connectivity index (χ0n) is 18.1. The van der Waals surface area contributed by atoms with E-state index in [1.807, 2.05) is 18.2 Å². The Balaban J connectivity index is 1.77. The normalized spacial score (nSPS) is 12.2. The molecule has 0 aliphatic heterocycles. The van der Waals surface area contributed by atoms with E-state index in [-0.39, 0.29) is 12.4 Å². The highest BCUT2D eigenvalue weighted by atomic mass is 19.1. The van der Waals surface area contributed by atoms with Crippen LogP contribution in [0.4, 0.5) is 4.39 Å². The molecule has 1 aromatic carbocycles. The molecule has 2 aromatic rings. The van der Waals surface area contributed by atoms with Gasteiger partial charge >= 0.3 is 0 Å². The molecule has 0 amide bonds. The van der Waals surface area contributed by atoms with Crippen molar-refractivity contribution < 1.29 is 13.9 Å². The third-order valence-electron chi connectivity index (χ3n) is 4.69. The van der Waals surface area contributed by atoms with Crippen molar-refractivity contribution in [2.75, 3.05) is 13.2 Å². The van der Waals surface area contributed by atoms with Gasteiger partial charge in [0.2, 0.25) is 0 Å². The Labute approximate surface area is 179 Å². The van der Waals surface area contributed by atoms with Crippen LogP contribution in [0.15, 0.2) is 49.1 Å². The smallest absolute Gasteiger partial charge is 0.165 e. The van der Waals surface area contributed by atoms with E-state index in [1.165, 1.54) is 18.9 Å². The molecule has 162 valence electrons. The van der Waals surface area contributed by atoms with E-state index in [9.17, 15) is 4.39 Å². The standard InChI is InChI=1S/C25H33FN2O2/c1-4-6-10-18-29-20(3)11-8-7-9-12-22-14-15-24(28-27-22)21-13-16-25(23(26)19-21)30-17-5-2/h5,9,12-16,19-20H,2,4,6-8,10-11,17-18H2,1,3H3.